The molecule has 4 amide bonds. The molecule has 4 aromatic rings. The number of benzene rings is 4. The molecule has 8 rings (SSSR count). The zero-order chi connectivity index (χ0) is 31.7. The second-order valence-electron chi connectivity index (χ2n) is 11.8. The number of para-hydroxylation sites is 4. The van der Waals surface area contributed by atoms with E-state index in [9.17, 15) is 19.2 Å². The van der Waals surface area contributed by atoms with Crippen LogP contribution in [0.5, 0.6) is 11.5 Å². The summed E-state index contributed by atoms with van der Waals surface area (Å²) in [7, 11) is 3.10. The quantitative estimate of drug-likeness (QED) is 0.299. The number of fused-ring (bicyclic) bond motifs is 5. The summed E-state index contributed by atoms with van der Waals surface area (Å²) >= 11 is 0. The number of hydrogen-bond donors (Lipinski definition) is 0. The molecule has 6 unspecified atom stereocenters. The highest BCUT2D eigenvalue weighted by Gasteiger charge is 2.74. The lowest BCUT2D eigenvalue weighted by Gasteiger charge is -2.36. The molecule has 0 spiro atoms. The summed E-state index contributed by atoms with van der Waals surface area (Å²) in [6.45, 7) is 0. The minimum absolute atomic E-state index is 0.376. The van der Waals surface area contributed by atoms with Crippen LogP contribution in [0.4, 0.5) is 11.4 Å². The van der Waals surface area contributed by atoms with E-state index in [0.717, 1.165) is 0 Å². The van der Waals surface area contributed by atoms with Gasteiger partial charge in [-0.25, -0.2) is 19.8 Å². The summed E-state index contributed by atoms with van der Waals surface area (Å²) in [5.41, 5.74) is 2.23. The SMILES string of the molecule is COc1ccccc1C1C2C(=O)N(c3ccccc3)C(=O)C2N2C(c3ccccc3OC)C3C(=O)N(c4ccccc4)C(=O)C3N12. The number of anilines is 2. The summed E-state index contributed by atoms with van der Waals surface area (Å²) in [6, 6.07) is 28.8. The maximum atomic E-state index is 14.6. The zero-order valence-electron chi connectivity index (χ0n) is 25.1. The van der Waals surface area contributed by atoms with Crippen LogP contribution in [0, 0.1) is 11.8 Å². The smallest absolute Gasteiger partial charge is 0.253 e. The van der Waals surface area contributed by atoms with Crippen molar-refractivity contribution in [3.8, 4) is 11.5 Å². The Hall–Kier alpha value is -5.32. The summed E-state index contributed by atoms with van der Waals surface area (Å²) in [6.07, 6.45) is 0. The molecule has 10 nitrogen and oxygen atoms in total. The molecule has 4 aliphatic heterocycles. The van der Waals surface area contributed by atoms with Gasteiger partial charge in [0.1, 0.15) is 23.6 Å². The Morgan fingerprint density at radius 1 is 0.435 bits per heavy atom. The molecule has 10 heteroatoms. The van der Waals surface area contributed by atoms with Crippen molar-refractivity contribution in [3.05, 3.63) is 120 Å². The number of imide groups is 2. The highest BCUT2D eigenvalue weighted by molar-refractivity contribution is 6.26. The van der Waals surface area contributed by atoms with Crippen LogP contribution in [0.25, 0.3) is 0 Å². The molecule has 4 aliphatic rings. The zero-order valence-corrected chi connectivity index (χ0v) is 25.1. The Labute approximate surface area is 265 Å². The van der Waals surface area contributed by atoms with E-state index in [1.165, 1.54) is 9.80 Å². The number of methoxy groups -OCH3 is 2. The van der Waals surface area contributed by atoms with E-state index < -0.39 is 47.8 Å². The third kappa shape index (κ3) is 3.77. The fraction of sp³-hybridized carbons (Fsp3) is 0.222. The topological polar surface area (TPSA) is 99.7 Å². The normalized spacial score (nSPS) is 27.3. The van der Waals surface area contributed by atoms with Gasteiger partial charge in [-0.1, -0.05) is 72.8 Å². The maximum Gasteiger partial charge on any atom is 0.253 e. The first-order chi connectivity index (χ1) is 22.5. The van der Waals surface area contributed by atoms with E-state index in [1.54, 1.807) is 74.9 Å². The number of nitrogens with zero attached hydrogens (tertiary/aromatic N) is 4. The van der Waals surface area contributed by atoms with Crippen molar-refractivity contribution in [2.45, 2.75) is 24.2 Å². The summed E-state index contributed by atoms with van der Waals surface area (Å²) in [5.74, 6) is -2.34. The number of hydrogen-bond acceptors (Lipinski definition) is 8. The monoisotopic (exact) mass is 614 g/mol. The van der Waals surface area contributed by atoms with Gasteiger partial charge in [-0.05, 0) is 36.4 Å². The molecule has 4 heterocycles. The minimum Gasteiger partial charge on any atom is -0.496 e. The van der Waals surface area contributed by atoms with Gasteiger partial charge in [-0.3, -0.25) is 19.2 Å². The van der Waals surface area contributed by atoms with Crippen molar-refractivity contribution in [1.29, 1.82) is 0 Å². The molecule has 0 radical (unpaired) electrons. The molecule has 4 aromatic carbocycles. The molecule has 0 N–H and O–H groups in total. The largest absolute Gasteiger partial charge is 0.496 e. The highest BCUT2D eigenvalue weighted by Crippen LogP contribution is 2.61. The predicted octanol–water partition coefficient (Wildman–Crippen LogP) is 4.15. The third-order valence-corrected chi connectivity index (χ3v) is 9.67. The lowest BCUT2D eigenvalue weighted by Crippen LogP contribution is -2.50. The lowest BCUT2D eigenvalue weighted by molar-refractivity contribution is -0.136. The van der Waals surface area contributed by atoms with Crippen LogP contribution in [0.1, 0.15) is 23.2 Å². The lowest BCUT2D eigenvalue weighted by atomic mass is 9.83. The molecule has 46 heavy (non-hydrogen) atoms. The Balaban J connectivity index is 1.37. The highest BCUT2D eigenvalue weighted by atomic mass is 16.5. The van der Waals surface area contributed by atoms with E-state index in [-0.39, 0.29) is 11.8 Å². The van der Waals surface area contributed by atoms with Crippen molar-refractivity contribution >= 4 is 35.0 Å². The summed E-state index contributed by atoms with van der Waals surface area (Å²) < 4.78 is 11.6. The first-order valence-electron chi connectivity index (χ1n) is 15.2. The van der Waals surface area contributed by atoms with Gasteiger partial charge in [-0.2, -0.15) is 0 Å². The van der Waals surface area contributed by atoms with Gasteiger partial charge in [0.25, 0.3) is 11.8 Å². The van der Waals surface area contributed by atoms with Crippen molar-refractivity contribution in [2.24, 2.45) is 11.8 Å². The van der Waals surface area contributed by atoms with Gasteiger partial charge in [-0.15, -0.1) is 0 Å². The molecule has 0 aliphatic carbocycles. The minimum atomic E-state index is -0.992. The third-order valence-electron chi connectivity index (χ3n) is 9.67. The first kappa shape index (κ1) is 28.2. The number of hydrazine groups is 1. The summed E-state index contributed by atoms with van der Waals surface area (Å²) in [5, 5.41) is 3.66. The fourth-order valence-corrected chi connectivity index (χ4v) is 7.93. The van der Waals surface area contributed by atoms with Crippen LogP contribution < -0.4 is 19.3 Å². The maximum absolute atomic E-state index is 14.6. The van der Waals surface area contributed by atoms with Gasteiger partial charge in [0.05, 0.1) is 49.5 Å². The number of carbonyl (C=O) groups is 4. The number of ether oxygens (including phenoxy) is 2. The Kier molecular flexibility index (Phi) is 6.52. The van der Waals surface area contributed by atoms with Gasteiger partial charge in [0.15, 0.2) is 0 Å². The number of carbonyl (C=O) groups excluding carboxylic acids is 4. The van der Waals surface area contributed by atoms with E-state index in [2.05, 4.69) is 0 Å². The van der Waals surface area contributed by atoms with Gasteiger partial charge >= 0.3 is 0 Å². The molecule has 6 atom stereocenters. The first-order valence-corrected chi connectivity index (χ1v) is 15.2. The van der Waals surface area contributed by atoms with Crippen LogP contribution in [0.2, 0.25) is 0 Å². The van der Waals surface area contributed by atoms with Gasteiger partial charge < -0.3 is 9.47 Å². The van der Waals surface area contributed by atoms with E-state index in [0.29, 0.717) is 34.0 Å². The Morgan fingerprint density at radius 3 is 1.15 bits per heavy atom. The van der Waals surface area contributed by atoms with Gasteiger partial charge in [0.2, 0.25) is 11.8 Å². The molecule has 0 saturated carbocycles. The predicted molar refractivity (Wildman–Crippen MR) is 168 cm³/mol. The molecule has 4 fully saturated rings. The van der Waals surface area contributed by atoms with E-state index in [1.807, 2.05) is 58.5 Å². The Morgan fingerprint density at radius 2 is 0.783 bits per heavy atom. The van der Waals surface area contributed by atoms with Crippen molar-refractivity contribution in [1.82, 2.24) is 10.0 Å². The average Bonchev–Trinajstić information content (AvgIpc) is 3.76. The van der Waals surface area contributed by atoms with Crippen LogP contribution in [0.15, 0.2) is 109 Å². The van der Waals surface area contributed by atoms with Crippen LogP contribution in [0.3, 0.4) is 0 Å². The molecule has 0 bridgehead atoms. The molecule has 0 aromatic heterocycles. The molecular weight excluding hydrogens is 584 g/mol. The van der Waals surface area contributed by atoms with Gasteiger partial charge in [0, 0.05) is 11.1 Å². The van der Waals surface area contributed by atoms with Crippen molar-refractivity contribution in [3.63, 3.8) is 0 Å². The standard InChI is InChI=1S/C36H30N4O6/c1-45-25-19-11-9-17-23(25)29-27-31(35(43)37(33(27)41)21-13-5-3-6-14-21)40-30(24-18-10-12-20-26(24)46-2)28-32(39(29)40)36(44)38(34(28)42)22-15-7-4-8-16-22/h3-20,27-32H,1-2H3. The second-order valence-corrected chi connectivity index (χ2v) is 11.8. The van der Waals surface area contributed by atoms with Crippen LogP contribution in [-0.4, -0.2) is 59.9 Å². The van der Waals surface area contributed by atoms with E-state index in [4.69, 9.17) is 9.47 Å². The van der Waals surface area contributed by atoms with Crippen molar-refractivity contribution < 1.29 is 28.7 Å². The summed E-state index contributed by atoms with van der Waals surface area (Å²) in [4.78, 5) is 60.7. The fourth-order valence-electron chi connectivity index (χ4n) is 7.93. The van der Waals surface area contributed by atoms with Crippen LogP contribution >= 0.6 is 0 Å². The van der Waals surface area contributed by atoms with Crippen LogP contribution in [-0.2, 0) is 19.2 Å². The van der Waals surface area contributed by atoms with Crippen molar-refractivity contribution in [2.75, 3.05) is 24.0 Å². The number of amides is 4. The van der Waals surface area contributed by atoms with E-state index >= 15 is 0 Å². The average molecular weight is 615 g/mol. The molecular formula is C36H30N4O6. The second kappa shape index (κ2) is 10.6. The molecule has 4 saturated heterocycles. The molecule has 230 valence electrons. The Bertz CT molecular complexity index is 1750. The number of rotatable bonds is 6.